The van der Waals surface area contributed by atoms with Gasteiger partial charge in [0.25, 0.3) is 10.1 Å². The van der Waals surface area contributed by atoms with Crippen molar-refractivity contribution in [1.29, 1.82) is 0 Å². The van der Waals surface area contributed by atoms with E-state index in [1.54, 1.807) is 24.4 Å². The molecule has 1 heterocycles. The van der Waals surface area contributed by atoms with E-state index in [1.807, 2.05) is 30.5 Å². The van der Waals surface area contributed by atoms with Gasteiger partial charge in [0.2, 0.25) is 0 Å². The van der Waals surface area contributed by atoms with E-state index in [9.17, 15) is 21.8 Å². The summed E-state index contributed by atoms with van der Waals surface area (Å²) in [6, 6.07) is 13.1. The Morgan fingerprint density at radius 1 is 1.00 bits per heavy atom. The fraction of sp³-hybridized carbons (Fsp3) is 0.222. The number of imidazole rings is 1. The highest BCUT2D eigenvalue weighted by Crippen LogP contribution is 2.38. The summed E-state index contributed by atoms with van der Waals surface area (Å²) in [6.07, 6.45) is 2.02. The highest BCUT2D eigenvalue weighted by atomic mass is 35.5. The van der Waals surface area contributed by atoms with Crippen LogP contribution in [0.3, 0.4) is 0 Å². The van der Waals surface area contributed by atoms with Crippen LogP contribution in [0.5, 0.6) is 5.75 Å². The summed E-state index contributed by atoms with van der Waals surface area (Å²) in [5.74, 6) is -0.191. The Labute approximate surface area is 229 Å². The number of hydrogen-bond donors (Lipinski definition) is 1. The van der Waals surface area contributed by atoms with Gasteiger partial charge in [-0.3, -0.25) is 9.12 Å². The molecule has 6 nitrogen and oxygen atoms in total. The minimum Gasteiger partial charge on any atom is -0.495 e. The van der Waals surface area contributed by atoms with Gasteiger partial charge in [-0.25, -0.2) is 13.8 Å². The number of ether oxygens (including phenoxy) is 1. The molecule has 0 radical (unpaired) electrons. The standard InChI is InChI=1S/C27H24Cl2F2N2O4S/c1-27(2,16-4-10-21(28)24(12-16)37-3)25-15-32-26(33(25)18-7-5-17(30)6-8-18)11-9-20-22(29)13-19(14-23(20)31)38(34,35)36/h4-8,10,12-15H,9,11H2,1-3H3,(H,34,35,36). The number of benzene rings is 3. The van der Waals surface area contributed by atoms with Crippen LogP contribution in [0.2, 0.25) is 10.0 Å². The van der Waals surface area contributed by atoms with Crippen LogP contribution in [0, 0.1) is 11.6 Å². The van der Waals surface area contributed by atoms with Crippen molar-refractivity contribution in [2.24, 2.45) is 0 Å². The molecule has 0 bridgehead atoms. The SMILES string of the molecule is COc1cc(C(C)(C)c2cnc(CCc3c(F)cc(S(=O)(=O)O)cc3Cl)n2-c2ccc(F)cc2)ccc1Cl. The normalized spacial score (nSPS) is 12.1. The number of hydrogen-bond acceptors (Lipinski definition) is 4. The zero-order chi connectivity index (χ0) is 27.8. The Morgan fingerprint density at radius 2 is 1.68 bits per heavy atom. The van der Waals surface area contributed by atoms with E-state index < -0.39 is 32.1 Å². The smallest absolute Gasteiger partial charge is 0.294 e. The van der Waals surface area contributed by atoms with Crippen molar-refractivity contribution in [1.82, 2.24) is 9.55 Å². The van der Waals surface area contributed by atoms with Gasteiger partial charge in [-0.05, 0) is 60.5 Å². The molecule has 0 aliphatic carbocycles. The molecule has 1 aromatic heterocycles. The number of aromatic nitrogens is 2. The molecule has 0 fully saturated rings. The predicted molar refractivity (Wildman–Crippen MR) is 142 cm³/mol. The first kappa shape index (κ1) is 28.0. The van der Waals surface area contributed by atoms with Gasteiger partial charge in [0.05, 0.1) is 22.7 Å². The summed E-state index contributed by atoms with van der Waals surface area (Å²) >= 11 is 12.4. The van der Waals surface area contributed by atoms with E-state index in [1.165, 1.54) is 19.2 Å². The quantitative estimate of drug-likeness (QED) is 0.231. The van der Waals surface area contributed by atoms with Crippen molar-refractivity contribution in [2.75, 3.05) is 7.11 Å². The molecule has 4 aromatic rings. The number of methoxy groups -OCH3 is 1. The molecule has 0 saturated carbocycles. The molecule has 38 heavy (non-hydrogen) atoms. The fourth-order valence-electron chi connectivity index (χ4n) is 4.29. The van der Waals surface area contributed by atoms with Crippen molar-refractivity contribution in [2.45, 2.75) is 37.0 Å². The molecular weight excluding hydrogens is 557 g/mol. The average molecular weight is 581 g/mol. The lowest BCUT2D eigenvalue weighted by Crippen LogP contribution is -2.23. The molecule has 0 amide bonds. The first-order valence-electron chi connectivity index (χ1n) is 11.5. The van der Waals surface area contributed by atoms with Crippen LogP contribution < -0.4 is 4.74 Å². The van der Waals surface area contributed by atoms with E-state index in [0.717, 1.165) is 23.4 Å². The van der Waals surface area contributed by atoms with E-state index in [-0.39, 0.29) is 23.4 Å². The van der Waals surface area contributed by atoms with E-state index in [2.05, 4.69) is 4.98 Å². The van der Waals surface area contributed by atoms with Gasteiger partial charge in [-0.2, -0.15) is 8.42 Å². The minimum atomic E-state index is -4.61. The van der Waals surface area contributed by atoms with Crippen LogP contribution in [0.25, 0.3) is 5.69 Å². The van der Waals surface area contributed by atoms with Crippen LogP contribution >= 0.6 is 23.2 Å². The Morgan fingerprint density at radius 3 is 2.29 bits per heavy atom. The molecule has 0 unspecified atom stereocenters. The Balaban J connectivity index is 1.78. The van der Waals surface area contributed by atoms with Gasteiger partial charge in [-0.15, -0.1) is 0 Å². The second-order valence-corrected chi connectivity index (χ2v) is 11.4. The maximum Gasteiger partial charge on any atom is 0.294 e. The molecule has 0 aliphatic heterocycles. The van der Waals surface area contributed by atoms with Crippen molar-refractivity contribution in [3.8, 4) is 11.4 Å². The Hall–Kier alpha value is -2.98. The second kappa shape index (κ2) is 10.6. The Kier molecular flexibility index (Phi) is 7.86. The zero-order valence-electron chi connectivity index (χ0n) is 20.7. The van der Waals surface area contributed by atoms with E-state index in [0.29, 0.717) is 22.3 Å². The lowest BCUT2D eigenvalue weighted by atomic mass is 9.81. The van der Waals surface area contributed by atoms with Crippen LogP contribution in [0.15, 0.2) is 65.7 Å². The topological polar surface area (TPSA) is 81.4 Å². The highest BCUT2D eigenvalue weighted by molar-refractivity contribution is 7.85. The average Bonchev–Trinajstić information content (AvgIpc) is 3.28. The minimum absolute atomic E-state index is 0.0796. The van der Waals surface area contributed by atoms with E-state index >= 15 is 0 Å². The third kappa shape index (κ3) is 5.56. The number of halogens is 4. The Bertz CT molecular complexity index is 1580. The monoisotopic (exact) mass is 580 g/mol. The lowest BCUT2D eigenvalue weighted by Gasteiger charge is -2.28. The first-order valence-corrected chi connectivity index (χ1v) is 13.6. The maximum absolute atomic E-state index is 14.8. The van der Waals surface area contributed by atoms with Gasteiger partial charge in [0, 0.05) is 34.3 Å². The lowest BCUT2D eigenvalue weighted by molar-refractivity contribution is 0.413. The summed E-state index contributed by atoms with van der Waals surface area (Å²) in [4.78, 5) is 3.98. The maximum atomic E-state index is 14.8. The molecule has 4 rings (SSSR count). The van der Waals surface area contributed by atoms with Crippen molar-refractivity contribution in [3.63, 3.8) is 0 Å². The van der Waals surface area contributed by atoms with Crippen molar-refractivity contribution >= 4 is 33.3 Å². The van der Waals surface area contributed by atoms with Crippen molar-refractivity contribution < 1.29 is 26.5 Å². The van der Waals surface area contributed by atoms with Gasteiger partial charge >= 0.3 is 0 Å². The van der Waals surface area contributed by atoms with E-state index in [4.69, 9.17) is 27.9 Å². The molecule has 0 saturated heterocycles. The number of aryl methyl sites for hydroxylation is 1. The number of rotatable bonds is 8. The van der Waals surface area contributed by atoms with Crippen LogP contribution in [-0.2, 0) is 28.4 Å². The molecule has 0 atom stereocenters. The van der Waals surface area contributed by atoms with Gasteiger partial charge in [0.15, 0.2) is 0 Å². The number of nitrogens with zero attached hydrogens (tertiary/aromatic N) is 2. The summed E-state index contributed by atoms with van der Waals surface area (Å²) in [5.41, 5.74) is 1.78. The largest absolute Gasteiger partial charge is 0.495 e. The van der Waals surface area contributed by atoms with Crippen LogP contribution in [0.1, 0.15) is 36.5 Å². The molecule has 11 heteroatoms. The summed E-state index contributed by atoms with van der Waals surface area (Å²) < 4.78 is 67.8. The predicted octanol–water partition coefficient (Wildman–Crippen LogP) is 6.82. The third-order valence-electron chi connectivity index (χ3n) is 6.44. The van der Waals surface area contributed by atoms with Gasteiger partial charge < -0.3 is 4.74 Å². The first-order chi connectivity index (χ1) is 17.8. The highest BCUT2D eigenvalue weighted by Gasteiger charge is 2.30. The molecule has 0 spiro atoms. The van der Waals surface area contributed by atoms with Crippen LogP contribution in [0.4, 0.5) is 8.78 Å². The molecular formula is C27H24Cl2F2N2O4S. The summed E-state index contributed by atoms with van der Waals surface area (Å²) in [7, 11) is -3.08. The second-order valence-electron chi connectivity index (χ2n) is 9.19. The van der Waals surface area contributed by atoms with Crippen LogP contribution in [-0.4, -0.2) is 29.6 Å². The summed E-state index contributed by atoms with van der Waals surface area (Å²) in [6.45, 7) is 4.00. The summed E-state index contributed by atoms with van der Waals surface area (Å²) in [5, 5.41) is 0.338. The van der Waals surface area contributed by atoms with Gasteiger partial charge in [-0.1, -0.05) is 43.1 Å². The molecule has 0 aliphatic rings. The van der Waals surface area contributed by atoms with Gasteiger partial charge in [0.1, 0.15) is 23.2 Å². The zero-order valence-corrected chi connectivity index (χ0v) is 23.0. The van der Waals surface area contributed by atoms with Crippen molar-refractivity contribution in [3.05, 3.63) is 105 Å². The fourth-order valence-corrected chi connectivity index (χ4v) is 5.37. The third-order valence-corrected chi connectivity index (χ3v) is 7.92. The molecule has 3 aromatic carbocycles. The molecule has 1 N–H and O–H groups in total. The molecule has 200 valence electrons.